The Morgan fingerprint density at radius 3 is 2.83 bits per heavy atom. The lowest BCUT2D eigenvalue weighted by Crippen LogP contribution is -1.97. The van der Waals surface area contributed by atoms with E-state index >= 15 is 0 Å². The van der Waals surface area contributed by atoms with Gasteiger partial charge in [0, 0.05) is 15.2 Å². The fourth-order valence-electron chi connectivity index (χ4n) is 1.00. The summed E-state index contributed by atoms with van der Waals surface area (Å²) < 4.78 is 1.23. The molecule has 68 valence electrons. The molecule has 0 aliphatic heterocycles. The van der Waals surface area contributed by atoms with Crippen LogP contribution in [-0.4, -0.2) is 5.38 Å². The fraction of sp³-hybridized carbons (Fsp3) is 0.556. The third-order valence-corrected chi connectivity index (χ3v) is 4.22. The molecule has 1 heterocycles. The maximum Gasteiger partial charge on any atom is 0.0336 e. The highest BCUT2D eigenvalue weighted by atomic mass is 79.9. The lowest BCUT2D eigenvalue weighted by molar-refractivity contribution is 0.727. The Morgan fingerprint density at radius 1 is 1.58 bits per heavy atom. The van der Waals surface area contributed by atoms with E-state index in [0.717, 1.165) is 19.3 Å². The number of hydrogen-bond donors (Lipinski definition) is 0. The molecule has 0 nitrogen and oxygen atoms in total. The summed E-state index contributed by atoms with van der Waals surface area (Å²) in [5, 5.41) is 4.63. The van der Waals surface area contributed by atoms with E-state index in [1.54, 1.807) is 11.3 Å². The topological polar surface area (TPSA) is 0 Å². The van der Waals surface area contributed by atoms with Crippen molar-refractivity contribution in [1.29, 1.82) is 0 Å². The van der Waals surface area contributed by atoms with E-state index in [1.165, 1.54) is 10.0 Å². The van der Waals surface area contributed by atoms with E-state index in [1.807, 2.05) is 0 Å². The minimum Gasteiger partial charge on any atom is -0.151 e. The number of hydrogen-bond acceptors (Lipinski definition) is 1. The molecule has 0 fully saturated rings. The normalized spacial score (nSPS) is 13.2. The molecule has 0 bridgehead atoms. The molecule has 1 unspecified atom stereocenters. The average Bonchev–Trinajstić information content (AvgIpc) is 2.47. The summed E-state index contributed by atoms with van der Waals surface area (Å²) >= 11 is 11.3. The maximum atomic E-state index is 6.02. The molecular formula is C9H12BrClS. The second-order valence-corrected chi connectivity index (χ2v) is 5.00. The highest BCUT2D eigenvalue weighted by molar-refractivity contribution is 9.10. The first-order chi connectivity index (χ1) is 5.74. The van der Waals surface area contributed by atoms with E-state index in [-0.39, 0.29) is 0 Å². The van der Waals surface area contributed by atoms with E-state index < -0.39 is 0 Å². The molecule has 0 aliphatic rings. The Balaban J connectivity index is 2.38. The molecule has 12 heavy (non-hydrogen) atoms. The molecule has 0 amide bonds. The first-order valence-electron chi connectivity index (χ1n) is 4.08. The first kappa shape index (κ1) is 10.6. The van der Waals surface area contributed by atoms with Crippen LogP contribution in [-0.2, 0) is 6.42 Å². The zero-order valence-electron chi connectivity index (χ0n) is 7.02. The lowest BCUT2D eigenvalue weighted by Gasteiger charge is -2.04. The van der Waals surface area contributed by atoms with E-state index in [9.17, 15) is 0 Å². The van der Waals surface area contributed by atoms with Crippen molar-refractivity contribution in [3.8, 4) is 0 Å². The predicted molar refractivity (Wildman–Crippen MR) is 60.3 cm³/mol. The van der Waals surface area contributed by atoms with Crippen molar-refractivity contribution in [1.82, 2.24) is 0 Å². The monoisotopic (exact) mass is 266 g/mol. The number of rotatable bonds is 4. The quantitative estimate of drug-likeness (QED) is 0.707. The molecule has 0 radical (unpaired) electrons. The van der Waals surface area contributed by atoms with Crippen molar-refractivity contribution in [2.75, 3.05) is 0 Å². The van der Waals surface area contributed by atoms with Crippen molar-refractivity contribution in [2.45, 2.75) is 31.6 Å². The molecule has 1 aromatic rings. The van der Waals surface area contributed by atoms with Crippen LogP contribution in [0.3, 0.4) is 0 Å². The van der Waals surface area contributed by atoms with Crippen LogP contribution in [0.5, 0.6) is 0 Å². The van der Waals surface area contributed by atoms with Gasteiger partial charge in [0.2, 0.25) is 0 Å². The summed E-state index contributed by atoms with van der Waals surface area (Å²) in [6, 6.07) is 0. The van der Waals surface area contributed by atoms with Crippen LogP contribution in [0.4, 0.5) is 0 Å². The fourth-order valence-corrected chi connectivity index (χ4v) is 2.65. The van der Waals surface area contributed by atoms with Gasteiger partial charge in [0.1, 0.15) is 0 Å². The second-order valence-electron chi connectivity index (χ2n) is 2.79. The van der Waals surface area contributed by atoms with Crippen LogP contribution in [0.15, 0.2) is 15.2 Å². The summed E-state index contributed by atoms with van der Waals surface area (Å²) in [5.74, 6) is 0. The van der Waals surface area contributed by atoms with Gasteiger partial charge in [-0.2, -0.15) is 11.3 Å². The molecule has 0 saturated heterocycles. The van der Waals surface area contributed by atoms with E-state index in [0.29, 0.717) is 5.38 Å². The van der Waals surface area contributed by atoms with Gasteiger partial charge in [0.25, 0.3) is 0 Å². The summed E-state index contributed by atoms with van der Waals surface area (Å²) in [5.41, 5.74) is 1.39. The average molecular weight is 268 g/mol. The van der Waals surface area contributed by atoms with E-state index in [4.69, 9.17) is 11.6 Å². The summed E-state index contributed by atoms with van der Waals surface area (Å²) in [7, 11) is 0. The van der Waals surface area contributed by atoms with Crippen molar-refractivity contribution in [3.05, 3.63) is 20.8 Å². The van der Waals surface area contributed by atoms with Crippen molar-refractivity contribution in [3.63, 3.8) is 0 Å². The van der Waals surface area contributed by atoms with Gasteiger partial charge in [-0.15, -0.1) is 11.6 Å². The Morgan fingerprint density at radius 2 is 2.33 bits per heavy atom. The molecule has 0 saturated carbocycles. The molecule has 0 aliphatic carbocycles. The Labute approximate surface area is 91.1 Å². The molecule has 1 rings (SSSR count). The molecule has 1 aromatic heterocycles. The lowest BCUT2D eigenvalue weighted by atomic mass is 10.1. The van der Waals surface area contributed by atoms with Gasteiger partial charge in [-0.1, -0.05) is 6.92 Å². The van der Waals surface area contributed by atoms with Gasteiger partial charge in [-0.3, -0.25) is 0 Å². The minimum absolute atomic E-state index is 0.330. The number of halogens is 2. The zero-order valence-corrected chi connectivity index (χ0v) is 10.2. The second kappa shape index (κ2) is 5.25. The molecule has 0 spiro atoms. The van der Waals surface area contributed by atoms with Gasteiger partial charge in [-0.25, -0.2) is 0 Å². The van der Waals surface area contributed by atoms with Crippen molar-refractivity contribution in [2.24, 2.45) is 0 Å². The predicted octanol–water partition coefficient (Wildman–Crippen LogP) is 4.46. The van der Waals surface area contributed by atoms with Crippen LogP contribution in [0.1, 0.15) is 25.3 Å². The molecule has 3 heteroatoms. The van der Waals surface area contributed by atoms with E-state index in [2.05, 4.69) is 33.6 Å². The number of alkyl halides is 1. The van der Waals surface area contributed by atoms with Crippen LogP contribution < -0.4 is 0 Å². The third-order valence-electron chi connectivity index (χ3n) is 1.86. The largest absolute Gasteiger partial charge is 0.151 e. The minimum atomic E-state index is 0.330. The Kier molecular flexibility index (Phi) is 4.62. The number of aryl methyl sites for hydroxylation is 1. The first-order valence-corrected chi connectivity index (χ1v) is 6.26. The van der Waals surface area contributed by atoms with Crippen LogP contribution in [0, 0.1) is 0 Å². The van der Waals surface area contributed by atoms with Crippen molar-refractivity contribution >= 4 is 38.9 Å². The van der Waals surface area contributed by atoms with Gasteiger partial charge in [0.05, 0.1) is 0 Å². The van der Waals surface area contributed by atoms with Crippen LogP contribution in [0.25, 0.3) is 0 Å². The van der Waals surface area contributed by atoms with Gasteiger partial charge in [0.15, 0.2) is 0 Å². The van der Waals surface area contributed by atoms with Gasteiger partial charge >= 0.3 is 0 Å². The Bertz CT molecular complexity index is 234. The highest BCUT2D eigenvalue weighted by Gasteiger charge is 2.04. The van der Waals surface area contributed by atoms with Crippen molar-refractivity contribution < 1.29 is 0 Å². The summed E-state index contributed by atoms with van der Waals surface area (Å²) in [4.78, 5) is 0. The smallest absolute Gasteiger partial charge is 0.0336 e. The van der Waals surface area contributed by atoms with Crippen LogP contribution >= 0.6 is 38.9 Å². The summed E-state index contributed by atoms with van der Waals surface area (Å²) in [6.07, 6.45) is 3.22. The standard InChI is InChI=1S/C9H12BrClS/c1-2-8(11)4-3-7-5-12-6-9(7)10/h5-6,8H,2-4H2,1H3. The number of thiophene rings is 1. The highest BCUT2D eigenvalue weighted by Crippen LogP contribution is 2.23. The maximum absolute atomic E-state index is 6.02. The Hall–Kier alpha value is 0.470. The zero-order chi connectivity index (χ0) is 8.97. The van der Waals surface area contributed by atoms with Gasteiger partial charge in [-0.05, 0) is 46.1 Å². The molecular weight excluding hydrogens is 256 g/mol. The summed E-state index contributed by atoms with van der Waals surface area (Å²) in [6.45, 7) is 2.13. The molecule has 0 N–H and O–H groups in total. The van der Waals surface area contributed by atoms with Crippen LogP contribution in [0.2, 0.25) is 0 Å². The third kappa shape index (κ3) is 3.08. The molecule has 0 aromatic carbocycles. The molecule has 1 atom stereocenters. The SMILES string of the molecule is CCC(Cl)CCc1cscc1Br. The van der Waals surface area contributed by atoms with Gasteiger partial charge < -0.3 is 0 Å².